The molecule has 1 aromatic carbocycles. The van der Waals surface area contributed by atoms with E-state index in [9.17, 15) is 0 Å². The number of benzene rings is 1. The predicted molar refractivity (Wildman–Crippen MR) is 59.2 cm³/mol. The van der Waals surface area contributed by atoms with E-state index in [1.165, 1.54) is 11.1 Å². The van der Waals surface area contributed by atoms with Crippen LogP contribution in [0.1, 0.15) is 51.7 Å². The van der Waals surface area contributed by atoms with Crippen LogP contribution in [-0.4, -0.2) is 0 Å². The lowest BCUT2D eigenvalue weighted by Gasteiger charge is -2.24. The van der Waals surface area contributed by atoms with Crippen LogP contribution in [0.25, 0.3) is 0 Å². The van der Waals surface area contributed by atoms with Gasteiger partial charge in [0.05, 0.1) is 0 Å². The van der Waals surface area contributed by atoms with Gasteiger partial charge in [0.25, 0.3) is 0 Å². The molecule has 0 atom stereocenters. The van der Waals surface area contributed by atoms with Crippen molar-refractivity contribution in [3.63, 3.8) is 0 Å². The van der Waals surface area contributed by atoms with Crippen LogP contribution in [0, 0.1) is 0 Å². The predicted octanol–water partition coefficient (Wildman–Crippen LogP) is 4.11. The van der Waals surface area contributed by atoms with E-state index < -0.39 is 0 Å². The molecule has 0 aliphatic carbocycles. The van der Waals surface area contributed by atoms with Crippen molar-refractivity contribution in [1.82, 2.24) is 0 Å². The molecule has 0 radical (unpaired) electrons. The monoisotopic (exact) mass is 176 g/mol. The molecule has 13 heavy (non-hydrogen) atoms. The summed E-state index contributed by atoms with van der Waals surface area (Å²) in [5, 5.41) is 0. The van der Waals surface area contributed by atoms with Gasteiger partial charge in [-0.2, -0.15) is 0 Å². The zero-order valence-corrected chi connectivity index (χ0v) is 9.39. The highest BCUT2D eigenvalue weighted by molar-refractivity contribution is 5.34. The lowest BCUT2D eigenvalue weighted by Crippen LogP contribution is -2.14. The molecule has 0 N–H and O–H groups in total. The van der Waals surface area contributed by atoms with Gasteiger partial charge in [-0.05, 0) is 22.5 Å². The average Bonchev–Trinajstić information content (AvgIpc) is 2.03. The highest BCUT2D eigenvalue weighted by atomic mass is 14.2. The standard InChI is InChI=1S/C13H20/c1-10(2)11-8-6-7-9-12(11)13(3,4)5/h6-10H,1-5H3. The van der Waals surface area contributed by atoms with E-state index in [1.54, 1.807) is 0 Å². The van der Waals surface area contributed by atoms with Crippen molar-refractivity contribution < 1.29 is 0 Å². The van der Waals surface area contributed by atoms with Crippen LogP contribution in [0.2, 0.25) is 0 Å². The van der Waals surface area contributed by atoms with Crippen molar-refractivity contribution in [1.29, 1.82) is 0 Å². The van der Waals surface area contributed by atoms with Crippen LogP contribution < -0.4 is 0 Å². The summed E-state index contributed by atoms with van der Waals surface area (Å²) in [6.07, 6.45) is 0. The third-order valence-electron chi connectivity index (χ3n) is 2.39. The molecule has 1 aromatic rings. The molecule has 0 fully saturated rings. The summed E-state index contributed by atoms with van der Waals surface area (Å²) >= 11 is 0. The lowest BCUT2D eigenvalue weighted by atomic mass is 9.81. The van der Waals surface area contributed by atoms with Crippen LogP contribution in [0.4, 0.5) is 0 Å². The minimum absolute atomic E-state index is 0.265. The molecule has 0 unspecified atom stereocenters. The van der Waals surface area contributed by atoms with Gasteiger partial charge in [0, 0.05) is 0 Å². The van der Waals surface area contributed by atoms with E-state index in [-0.39, 0.29) is 5.41 Å². The summed E-state index contributed by atoms with van der Waals surface area (Å²) in [4.78, 5) is 0. The molecule has 0 heteroatoms. The first-order chi connectivity index (χ1) is 5.93. The Morgan fingerprint density at radius 2 is 1.54 bits per heavy atom. The maximum Gasteiger partial charge on any atom is -0.0129 e. The van der Waals surface area contributed by atoms with Crippen molar-refractivity contribution in [2.24, 2.45) is 0 Å². The fraction of sp³-hybridized carbons (Fsp3) is 0.538. The average molecular weight is 176 g/mol. The van der Waals surface area contributed by atoms with Gasteiger partial charge >= 0.3 is 0 Å². The smallest absolute Gasteiger partial charge is 0.0129 e. The van der Waals surface area contributed by atoms with Gasteiger partial charge in [0.2, 0.25) is 0 Å². The summed E-state index contributed by atoms with van der Waals surface area (Å²) in [5.74, 6) is 0.621. The molecule has 72 valence electrons. The topological polar surface area (TPSA) is 0 Å². The molecule has 0 aliphatic heterocycles. The van der Waals surface area contributed by atoms with E-state index in [4.69, 9.17) is 0 Å². The number of rotatable bonds is 1. The van der Waals surface area contributed by atoms with Gasteiger partial charge in [0.1, 0.15) is 0 Å². The number of hydrogen-bond acceptors (Lipinski definition) is 0. The quantitative estimate of drug-likeness (QED) is 0.604. The summed E-state index contributed by atoms with van der Waals surface area (Å²) in [6, 6.07) is 8.75. The van der Waals surface area contributed by atoms with Crippen molar-refractivity contribution in [3.05, 3.63) is 35.4 Å². The molecule has 0 spiro atoms. The Bertz CT molecular complexity index is 276. The van der Waals surface area contributed by atoms with E-state index >= 15 is 0 Å². The zero-order chi connectivity index (χ0) is 10.1. The van der Waals surface area contributed by atoms with Crippen LogP contribution in [-0.2, 0) is 5.41 Å². The third-order valence-corrected chi connectivity index (χ3v) is 2.39. The summed E-state index contributed by atoms with van der Waals surface area (Å²) < 4.78 is 0. The lowest BCUT2D eigenvalue weighted by molar-refractivity contribution is 0.577. The molecule has 0 amide bonds. The van der Waals surface area contributed by atoms with Crippen LogP contribution in [0.15, 0.2) is 24.3 Å². The highest BCUT2D eigenvalue weighted by Crippen LogP contribution is 2.29. The minimum Gasteiger partial charge on any atom is -0.0620 e. The van der Waals surface area contributed by atoms with Gasteiger partial charge in [-0.3, -0.25) is 0 Å². The zero-order valence-electron chi connectivity index (χ0n) is 9.39. The molecule has 1 rings (SSSR count). The molecular weight excluding hydrogens is 156 g/mol. The highest BCUT2D eigenvalue weighted by Gasteiger charge is 2.18. The Balaban J connectivity index is 3.20. The summed E-state index contributed by atoms with van der Waals surface area (Å²) in [5.41, 5.74) is 3.22. The van der Waals surface area contributed by atoms with Gasteiger partial charge in [-0.1, -0.05) is 58.9 Å². The summed E-state index contributed by atoms with van der Waals surface area (Å²) in [7, 11) is 0. The van der Waals surface area contributed by atoms with Crippen LogP contribution in [0.5, 0.6) is 0 Å². The first kappa shape index (κ1) is 10.3. The molecule has 0 saturated carbocycles. The molecule has 0 aromatic heterocycles. The van der Waals surface area contributed by atoms with Gasteiger partial charge in [-0.15, -0.1) is 0 Å². The molecule has 0 heterocycles. The van der Waals surface area contributed by atoms with E-state index in [0.717, 1.165) is 0 Å². The maximum absolute atomic E-state index is 2.27. The molecule has 0 aliphatic rings. The van der Waals surface area contributed by atoms with Crippen LogP contribution >= 0.6 is 0 Å². The van der Waals surface area contributed by atoms with E-state index in [2.05, 4.69) is 58.9 Å². The Hall–Kier alpha value is -0.780. The van der Waals surface area contributed by atoms with Gasteiger partial charge in [0.15, 0.2) is 0 Å². The van der Waals surface area contributed by atoms with Crippen molar-refractivity contribution >= 4 is 0 Å². The fourth-order valence-corrected chi connectivity index (χ4v) is 1.68. The Kier molecular flexibility index (Phi) is 2.80. The second kappa shape index (κ2) is 3.53. The second-order valence-corrected chi connectivity index (χ2v) is 4.99. The Labute approximate surface area is 82.0 Å². The van der Waals surface area contributed by atoms with Crippen molar-refractivity contribution in [2.45, 2.75) is 46.0 Å². The van der Waals surface area contributed by atoms with Gasteiger partial charge < -0.3 is 0 Å². The van der Waals surface area contributed by atoms with Gasteiger partial charge in [-0.25, -0.2) is 0 Å². The number of hydrogen-bond donors (Lipinski definition) is 0. The SMILES string of the molecule is CC(C)c1ccccc1C(C)(C)C. The minimum atomic E-state index is 0.265. The second-order valence-electron chi connectivity index (χ2n) is 4.99. The first-order valence-electron chi connectivity index (χ1n) is 5.02. The largest absolute Gasteiger partial charge is 0.0620 e. The Morgan fingerprint density at radius 3 is 1.92 bits per heavy atom. The van der Waals surface area contributed by atoms with E-state index in [1.807, 2.05) is 0 Å². The van der Waals surface area contributed by atoms with Crippen LogP contribution in [0.3, 0.4) is 0 Å². The summed E-state index contributed by atoms with van der Waals surface area (Å²) in [6.45, 7) is 11.3. The maximum atomic E-state index is 2.27. The fourth-order valence-electron chi connectivity index (χ4n) is 1.68. The molecular formula is C13H20. The van der Waals surface area contributed by atoms with E-state index in [0.29, 0.717) is 5.92 Å². The first-order valence-corrected chi connectivity index (χ1v) is 5.02. The van der Waals surface area contributed by atoms with Crippen molar-refractivity contribution in [3.8, 4) is 0 Å². The Morgan fingerprint density at radius 1 is 1.00 bits per heavy atom. The third kappa shape index (κ3) is 2.33. The molecule has 0 saturated heterocycles. The molecule has 0 nitrogen and oxygen atoms in total. The molecule has 0 bridgehead atoms. The normalized spacial score (nSPS) is 12.2. The van der Waals surface area contributed by atoms with Crippen molar-refractivity contribution in [2.75, 3.05) is 0 Å².